The monoisotopic (exact) mass is 284 g/mol. The molecule has 3 N–H and O–H groups in total. The summed E-state index contributed by atoms with van der Waals surface area (Å²) in [5.41, 5.74) is 1.47. The van der Waals surface area contributed by atoms with Gasteiger partial charge in [0.05, 0.1) is 17.1 Å². The summed E-state index contributed by atoms with van der Waals surface area (Å²) in [4.78, 5) is 22.4. The third-order valence-electron chi connectivity index (χ3n) is 2.62. The fourth-order valence-corrected chi connectivity index (χ4v) is 1.75. The quantitative estimate of drug-likeness (QED) is 0.777. The van der Waals surface area contributed by atoms with Crippen molar-refractivity contribution in [2.24, 2.45) is 0 Å². The normalized spacial score (nSPS) is 11.7. The van der Waals surface area contributed by atoms with Crippen LogP contribution >= 0.6 is 11.6 Å². The van der Waals surface area contributed by atoms with Gasteiger partial charge in [0.15, 0.2) is 0 Å². The van der Waals surface area contributed by atoms with Gasteiger partial charge in [-0.1, -0.05) is 24.6 Å². The van der Waals surface area contributed by atoms with Gasteiger partial charge in [0.2, 0.25) is 0 Å². The zero-order valence-corrected chi connectivity index (χ0v) is 11.6. The number of carbonyl (C=O) groups is 2. The maximum atomic E-state index is 11.8. The lowest BCUT2D eigenvalue weighted by molar-refractivity contribution is -0.137. The molecule has 5 nitrogen and oxygen atoms in total. The Kier molecular flexibility index (Phi) is 5.63. The largest absolute Gasteiger partial charge is 0.481 e. The number of carboxylic acid groups (broad SMARTS) is 1. The van der Waals surface area contributed by atoms with Crippen LogP contribution < -0.4 is 10.6 Å². The Balaban J connectivity index is 2.63. The van der Waals surface area contributed by atoms with E-state index in [1.807, 2.05) is 19.9 Å². The Labute approximate surface area is 117 Å². The van der Waals surface area contributed by atoms with Gasteiger partial charge in [-0.25, -0.2) is 4.79 Å². The van der Waals surface area contributed by atoms with Crippen LogP contribution in [0, 0.1) is 6.92 Å². The molecule has 0 fully saturated rings. The molecule has 0 heterocycles. The fourth-order valence-electron chi connectivity index (χ4n) is 1.59. The third-order valence-corrected chi connectivity index (χ3v) is 2.95. The van der Waals surface area contributed by atoms with Crippen LogP contribution in [0.15, 0.2) is 18.2 Å². The summed E-state index contributed by atoms with van der Waals surface area (Å²) in [6, 6.07) is 4.42. The molecule has 0 saturated heterocycles. The lowest BCUT2D eigenvalue weighted by Crippen LogP contribution is -2.38. The van der Waals surface area contributed by atoms with Gasteiger partial charge in [-0.2, -0.15) is 0 Å². The molecule has 0 saturated carbocycles. The number of urea groups is 1. The summed E-state index contributed by atoms with van der Waals surface area (Å²) >= 11 is 5.96. The Bertz CT molecular complexity index is 477. The smallest absolute Gasteiger partial charge is 0.319 e. The summed E-state index contributed by atoms with van der Waals surface area (Å²) in [6.07, 6.45) is 0.437. The Hall–Kier alpha value is -1.75. The number of halogens is 1. The number of anilines is 1. The van der Waals surface area contributed by atoms with Gasteiger partial charge in [-0.05, 0) is 31.0 Å². The van der Waals surface area contributed by atoms with Crippen LogP contribution in [0.1, 0.15) is 25.3 Å². The highest BCUT2D eigenvalue weighted by Crippen LogP contribution is 2.22. The number of aliphatic carboxylic acids is 1. The zero-order chi connectivity index (χ0) is 14.4. The van der Waals surface area contributed by atoms with Crippen molar-refractivity contribution in [3.63, 3.8) is 0 Å². The van der Waals surface area contributed by atoms with Crippen LogP contribution in [0.2, 0.25) is 5.02 Å². The lowest BCUT2D eigenvalue weighted by Gasteiger charge is -2.16. The van der Waals surface area contributed by atoms with Crippen LogP contribution in [-0.4, -0.2) is 23.1 Å². The van der Waals surface area contributed by atoms with Crippen molar-refractivity contribution in [1.82, 2.24) is 5.32 Å². The first kappa shape index (κ1) is 15.3. The van der Waals surface area contributed by atoms with Crippen molar-refractivity contribution in [2.45, 2.75) is 32.7 Å². The second-order valence-corrected chi connectivity index (χ2v) is 4.69. The van der Waals surface area contributed by atoms with Gasteiger partial charge in [0, 0.05) is 6.04 Å². The molecule has 1 rings (SSSR count). The number of carboxylic acids is 1. The van der Waals surface area contributed by atoms with E-state index in [9.17, 15) is 9.59 Å². The van der Waals surface area contributed by atoms with E-state index in [0.717, 1.165) is 5.56 Å². The van der Waals surface area contributed by atoms with Crippen molar-refractivity contribution in [2.75, 3.05) is 5.32 Å². The molecular formula is C13H17ClN2O3. The standard InChI is InChI=1S/C13H17ClN2O3/c1-3-9(7-12(17)18)15-13(19)16-11-6-8(2)4-5-10(11)14/h4-6,9H,3,7H2,1-2H3,(H,17,18)(H2,15,16,19). The average molecular weight is 285 g/mol. The number of rotatable bonds is 5. The summed E-state index contributed by atoms with van der Waals surface area (Å²) < 4.78 is 0. The molecule has 1 atom stereocenters. The van der Waals surface area contributed by atoms with Crippen LogP contribution in [0.4, 0.5) is 10.5 Å². The van der Waals surface area contributed by atoms with Crippen molar-refractivity contribution in [3.05, 3.63) is 28.8 Å². The lowest BCUT2D eigenvalue weighted by atomic mass is 10.1. The van der Waals surface area contributed by atoms with Crippen LogP contribution in [0.5, 0.6) is 0 Å². The molecule has 0 bridgehead atoms. The number of hydrogen-bond donors (Lipinski definition) is 3. The molecule has 0 aromatic heterocycles. The minimum atomic E-state index is -0.944. The topological polar surface area (TPSA) is 78.4 Å². The molecule has 1 aromatic rings. The number of carbonyl (C=O) groups excluding carboxylic acids is 1. The number of hydrogen-bond acceptors (Lipinski definition) is 2. The van der Waals surface area contributed by atoms with E-state index >= 15 is 0 Å². The van der Waals surface area contributed by atoms with Crippen molar-refractivity contribution >= 4 is 29.3 Å². The van der Waals surface area contributed by atoms with E-state index < -0.39 is 18.0 Å². The predicted molar refractivity (Wildman–Crippen MR) is 74.7 cm³/mol. The van der Waals surface area contributed by atoms with Crippen LogP contribution in [0.25, 0.3) is 0 Å². The molecular weight excluding hydrogens is 268 g/mol. The number of aryl methyl sites for hydroxylation is 1. The summed E-state index contributed by atoms with van der Waals surface area (Å²) in [5.74, 6) is -0.944. The second-order valence-electron chi connectivity index (χ2n) is 4.28. The van der Waals surface area contributed by atoms with E-state index in [2.05, 4.69) is 10.6 Å². The predicted octanol–water partition coefficient (Wildman–Crippen LogP) is 3.02. The molecule has 6 heteroatoms. The summed E-state index contributed by atoms with van der Waals surface area (Å²) in [7, 11) is 0. The van der Waals surface area contributed by atoms with Gasteiger partial charge >= 0.3 is 12.0 Å². The number of amides is 2. The molecule has 104 valence electrons. The van der Waals surface area contributed by atoms with Crippen molar-refractivity contribution in [1.29, 1.82) is 0 Å². The minimum absolute atomic E-state index is 0.106. The fraction of sp³-hybridized carbons (Fsp3) is 0.385. The summed E-state index contributed by atoms with van der Waals surface area (Å²) in [5, 5.41) is 14.4. The highest BCUT2D eigenvalue weighted by atomic mass is 35.5. The van der Waals surface area contributed by atoms with Crippen LogP contribution in [0.3, 0.4) is 0 Å². The SMILES string of the molecule is CCC(CC(=O)O)NC(=O)Nc1cc(C)ccc1Cl. The molecule has 0 aliphatic carbocycles. The van der Waals surface area contributed by atoms with Gasteiger partial charge in [-0.15, -0.1) is 0 Å². The molecule has 19 heavy (non-hydrogen) atoms. The highest BCUT2D eigenvalue weighted by Gasteiger charge is 2.14. The van der Waals surface area contributed by atoms with Crippen LogP contribution in [-0.2, 0) is 4.79 Å². The van der Waals surface area contributed by atoms with Crippen molar-refractivity contribution in [3.8, 4) is 0 Å². The van der Waals surface area contributed by atoms with E-state index in [1.165, 1.54) is 0 Å². The first-order valence-electron chi connectivity index (χ1n) is 5.97. The zero-order valence-electron chi connectivity index (χ0n) is 10.9. The number of nitrogens with one attached hydrogen (secondary N) is 2. The molecule has 0 radical (unpaired) electrons. The van der Waals surface area contributed by atoms with E-state index in [0.29, 0.717) is 17.1 Å². The Morgan fingerprint density at radius 2 is 2.11 bits per heavy atom. The molecule has 0 aliphatic heterocycles. The van der Waals surface area contributed by atoms with Gasteiger partial charge in [0.25, 0.3) is 0 Å². The van der Waals surface area contributed by atoms with Gasteiger partial charge in [0.1, 0.15) is 0 Å². The van der Waals surface area contributed by atoms with E-state index in [-0.39, 0.29) is 6.42 Å². The van der Waals surface area contributed by atoms with Gasteiger partial charge in [-0.3, -0.25) is 4.79 Å². The average Bonchev–Trinajstić information content (AvgIpc) is 2.32. The summed E-state index contributed by atoms with van der Waals surface area (Å²) in [6.45, 7) is 3.70. The van der Waals surface area contributed by atoms with E-state index in [1.54, 1.807) is 12.1 Å². The maximum Gasteiger partial charge on any atom is 0.319 e. The molecule has 2 amide bonds. The second kappa shape index (κ2) is 6.99. The first-order valence-corrected chi connectivity index (χ1v) is 6.35. The highest BCUT2D eigenvalue weighted by molar-refractivity contribution is 6.33. The minimum Gasteiger partial charge on any atom is -0.481 e. The van der Waals surface area contributed by atoms with E-state index in [4.69, 9.17) is 16.7 Å². The molecule has 1 unspecified atom stereocenters. The molecule has 1 aromatic carbocycles. The Morgan fingerprint density at radius 3 is 2.68 bits per heavy atom. The first-order chi connectivity index (χ1) is 8.92. The molecule has 0 aliphatic rings. The Morgan fingerprint density at radius 1 is 1.42 bits per heavy atom. The number of benzene rings is 1. The van der Waals surface area contributed by atoms with Crippen molar-refractivity contribution < 1.29 is 14.7 Å². The van der Waals surface area contributed by atoms with Gasteiger partial charge < -0.3 is 15.7 Å². The maximum absolute atomic E-state index is 11.8. The third kappa shape index (κ3) is 5.18. The molecule has 0 spiro atoms.